The summed E-state index contributed by atoms with van der Waals surface area (Å²) in [5, 5.41) is 10.6. The molecule has 0 bridgehead atoms. The first kappa shape index (κ1) is 31.2. The standard InChI is InChI=1S/C14H21BrN2.C11H15BrN2.C3H7I/c1-11(2)17-9-8-16-14(3,10-17)12-4-6-13(15)7-5-12;1-11(8-13-6-7-14-11)9-2-4-10(12)5-3-9;1-3(2)4/h4-7,11,16H,8-10H2,1-3H3;2-5,13-14H,6-8H2,1H3;3H,1-2H3/t14-;11-;/m11./s1. The smallest absolute Gasteiger partial charge is 0.0535 e. The fourth-order valence-electron chi connectivity index (χ4n) is 4.32. The van der Waals surface area contributed by atoms with E-state index in [0.29, 0.717) is 6.04 Å². The monoisotopic (exact) mass is 720 g/mol. The number of hydrogen-bond donors (Lipinski definition) is 3. The van der Waals surface area contributed by atoms with Crippen LogP contribution in [0.25, 0.3) is 0 Å². The van der Waals surface area contributed by atoms with Crippen molar-refractivity contribution in [2.45, 2.75) is 62.6 Å². The van der Waals surface area contributed by atoms with Gasteiger partial charge in [0.1, 0.15) is 0 Å². The summed E-state index contributed by atoms with van der Waals surface area (Å²) in [6, 6.07) is 17.8. The van der Waals surface area contributed by atoms with Crippen LogP contribution in [0.2, 0.25) is 0 Å². The Bertz CT molecular complexity index is 865. The van der Waals surface area contributed by atoms with E-state index in [0.717, 1.165) is 52.1 Å². The highest BCUT2D eigenvalue weighted by Gasteiger charge is 2.33. The van der Waals surface area contributed by atoms with Crippen molar-refractivity contribution in [2.24, 2.45) is 0 Å². The topological polar surface area (TPSA) is 39.3 Å². The number of halogens is 3. The van der Waals surface area contributed by atoms with Gasteiger partial charge in [-0.15, -0.1) is 0 Å². The molecule has 0 amide bonds. The van der Waals surface area contributed by atoms with Crippen LogP contribution < -0.4 is 16.0 Å². The summed E-state index contributed by atoms with van der Waals surface area (Å²) in [4.78, 5) is 2.54. The zero-order valence-corrected chi connectivity index (χ0v) is 27.4. The largest absolute Gasteiger partial charge is 0.313 e. The van der Waals surface area contributed by atoms with Gasteiger partial charge < -0.3 is 16.0 Å². The number of rotatable bonds is 3. The van der Waals surface area contributed by atoms with E-state index in [9.17, 15) is 0 Å². The third kappa shape index (κ3) is 10.3. The molecular weight excluding hydrogens is 679 g/mol. The first-order valence-corrected chi connectivity index (χ1v) is 15.4. The predicted molar refractivity (Wildman–Crippen MR) is 168 cm³/mol. The first-order valence-electron chi connectivity index (χ1n) is 12.6. The minimum Gasteiger partial charge on any atom is -0.313 e. The molecule has 2 atom stereocenters. The molecule has 2 aliphatic heterocycles. The molecule has 4 nitrogen and oxygen atoms in total. The van der Waals surface area contributed by atoms with Gasteiger partial charge in [0, 0.05) is 58.2 Å². The van der Waals surface area contributed by atoms with Gasteiger partial charge in [-0.2, -0.15) is 0 Å². The lowest BCUT2D eigenvalue weighted by Crippen LogP contribution is -2.58. The predicted octanol–water partition coefficient (Wildman–Crippen LogP) is 6.66. The average molecular weight is 722 g/mol. The molecule has 0 radical (unpaired) electrons. The lowest BCUT2D eigenvalue weighted by Gasteiger charge is -2.43. The maximum Gasteiger partial charge on any atom is 0.0535 e. The van der Waals surface area contributed by atoms with Crippen molar-refractivity contribution in [3.63, 3.8) is 0 Å². The maximum absolute atomic E-state index is 3.66. The molecule has 3 N–H and O–H groups in total. The number of nitrogens with zero attached hydrogens (tertiary/aromatic N) is 1. The van der Waals surface area contributed by atoms with Crippen LogP contribution in [0.15, 0.2) is 57.5 Å². The van der Waals surface area contributed by atoms with Crippen LogP contribution in [0.4, 0.5) is 0 Å². The van der Waals surface area contributed by atoms with Gasteiger partial charge in [0.2, 0.25) is 0 Å². The van der Waals surface area contributed by atoms with Crippen LogP contribution in [0.5, 0.6) is 0 Å². The third-order valence-electron chi connectivity index (χ3n) is 6.42. The van der Waals surface area contributed by atoms with Crippen molar-refractivity contribution in [1.82, 2.24) is 20.9 Å². The first-order chi connectivity index (χ1) is 16.4. The Hall–Kier alpha value is -0.0300. The number of piperazine rings is 2. The Morgan fingerprint density at radius 2 is 1.23 bits per heavy atom. The zero-order chi connectivity index (χ0) is 26.1. The molecule has 0 aliphatic carbocycles. The van der Waals surface area contributed by atoms with Crippen LogP contribution in [0.3, 0.4) is 0 Å². The van der Waals surface area contributed by atoms with Gasteiger partial charge in [-0.05, 0) is 63.1 Å². The van der Waals surface area contributed by atoms with Crippen LogP contribution in [0, 0.1) is 0 Å². The van der Waals surface area contributed by atoms with Crippen LogP contribution in [0.1, 0.15) is 52.7 Å². The Kier molecular flexibility index (Phi) is 13.2. The van der Waals surface area contributed by atoms with E-state index >= 15 is 0 Å². The molecule has 2 aromatic carbocycles. The molecule has 0 unspecified atom stereocenters. The van der Waals surface area contributed by atoms with E-state index in [1.165, 1.54) is 11.1 Å². The fraction of sp³-hybridized carbons (Fsp3) is 0.571. The molecular formula is C28H43Br2IN4. The summed E-state index contributed by atoms with van der Waals surface area (Å²) in [7, 11) is 0. The van der Waals surface area contributed by atoms with Crippen molar-refractivity contribution >= 4 is 54.5 Å². The molecule has 0 aromatic heterocycles. The van der Waals surface area contributed by atoms with E-state index in [-0.39, 0.29) is 11.1 Å². The average Bonchev–Trinajstić information content (AvgIpc) is 2.80. The number of benzene rings is 2. The van der Waals surface area contributed by atoms with E-state index in [2.05, 4.69) is 165 Å². The summed E-state index contributed by atoms with van der Waals surface area (Å²) >= 11 is 9.29. The van der Waals surface area contributed by atoms with Crippen LogP contribution in [-0.2, 0) is 11.1 Å². The minimum atomic E-state index is 0.0726. The van der Waals surface area contributed by atoms with Gasteiger partial charge >= 0.3 is 0 Å². The molecule has 2 fully saturated rings. The van der Waals surface area contributed by atoms with E-state index in [4.69, 9.17) is 0 Å². The van der Waals surface area contributed by atoms with Crippen molar-refractivity contribution in [3.8, 4) is 0 Å². The number of nitrogens with one attached hydrogen (secondary N) is 3. The summed E-state index contributed by atoms with van der Waals surface area (Å²) in [6.45, 7) is 19.8. The summed E-state index contributed by atoms with van der Waals surface area (Å²) in [5.74, 6) is 0. The molecule has 2 saturated heterocycles. The Morgan fingerprint density at radius 3 is 1.66 bits per heavy atom. The summed E-state index contributed by atoms with van der Waals surface area (Å²) in [5.41, 5.74) is 2.86. The highest BCUT2D eigenvalue weighted by atomic mass is 127. The fourth-order valence-corrected chi connectivity index (χ4v) is 4.85. The molecule has 0 spiro atoms. The second kappa shape index (κ2) is 14.8. The Balaban J connectivity index is 0.000000217. The molecule has 4 rings (SSSR count). The zero-order valence-electron chi connectivity index (χ0n) is 22.1. The Labute approximate surface area is 244 Å². The second-order valence-electron chi connectivity index (χ2n) is 10.3. The SMILES string of the molecule is CC(C)I.CC(C)N1CCN[C@@](C)(c2ccc(Br)cc2)C1.C[C@]1(c2ccc(Br)cc2)CNCCN1. The van der Waals surface area contributed by atoms with Gasteiger partial charge in [0.15, 0.2) is 0 Å². The molecule has 35 heavy (non-hydrogen) atoms. The van der Waals surface area contributed by atoms with Gasteiger partial charge in [-0.25, -0.2) is 0 Å². The highest BCUT2D eigenvalue weighted by Crippen LogP contribution is 2.27. The number of alkyl halides is 1. The number of hydrogen-bond acceptors (Lipinski definition) is 4. The second-order valence-corrected chi connectivity index (χ2v) is 14.6. The molecule has 2 heterocycles. The molecule has 196 valence electrons. The van der Waals surface area contributed by atoms with Crippen LogP contribution >= 0.6 is 54.5 Å². The van der Waals surface area contributed by atoms with Crippen molar-refractivity contribution in [2.75, 3.05) is 39.3 Å². The van der Waals surface area contributed by atoms with E-state index in [1.54, 1.807) is 0 Å². The molecule has 2 aromatic rings. The van der Waals surface area contributed by atoms with Gasteiger partial charge in [-0.1, -0.05) is 92.6 Å². The molecule has 7 heteroatoms. The Morgan fingerprint density at radius 1 is 0.771 bits per heavy atom. The van der Waals surface area contributed by atoms with E-state index in [1.807, 2.05) is 0 Å². The van der Waals surface area contributed by atoms with Crippen molar-refractivity contribution in [1.29, 1.82) is 0 Å². The van der Waals surface area contributed by atoms with Gasteiger partial charge in [0.25, 0.3) is 0 Å². The molecule has 0 saturated carbocycles. The van der Waals surface area contributed by atoms with Crippen LogP contribution in [-0.4, -0.2) is 54.1 Å². The lowest BCUT2D eigenvalue weighted by molar-refractivity contribution is 0.114. The van der Waals surface area contributed by atoms with Gasteiger partial charge in [0.05, 0.1) is 11.1 Å². The highest BCUT2D eigenvalue weighted by molar-refractivity contribution is 14.1. The molecule has 2 aliphatic rings. The minimum absolute atomic E-state index is 0.0726. The third-order valence-corrected chi connectivity index (χ3v) is 7.48. The van der Waals surface area contributed by atoms with Gasteiger partial charge in [-0.3, -0.25) is 4.90 Å². The summed E-state index contributed by atoms with van der Waals surface area (Å²) in [6.07, 6.45) is 0. The van der Waals surface area contributed by atoms with E-state index < -0.39 is 0 Å². The summed E-state index contributed by atoms with van der Waals surface area (Å²) < 4.78 is 3.08. The lowest BCUT2D eigenvalue weighted by atomic mass is 9.89. The normalized spacial score (nSPS) is 24.9. The van der Waals surface area contributed by atoms with Crippen molar-refractivity contribution < 1.29 is 0 Å². The van der Waals surface area contributed by atoms with Crippen molar-refractivity contribution in [3.05, 3.63) is 68.6 Å². The maximum atomic E-state index is 3.66. The quantitative estimate of drug-likeness (QED) is 0.245.